The molecule has 4 bridgehead atoms. The van der Waals surface area contributed by atoms with Crippen LogP contribution in [0.25, 0.3) is 44.2 Å². The first-order valence-electron chi connectivity index (χ1n) is 22.7. The monoisotopic (exact) mass is 799 g/mol. The maximum absolute atomic E-state index is 7.50. The highest BCUT2D eigenvalue weighted by Gasteiger charge is 2.56. The van der Waals surface area contributed by atoms with Crippen molar-refractivity contribution < 1.29 is 9.15 Å². The van der Waals surface area contributed by atoms with Gasteiger partial charge in [0.1, 0.15) is 22.7 Å². The molecule has 3 nitrogen and oxygen atoms in total. The highest BCUT2D eigenvalue weighted by Crippen LogP contribution is 2.68. The van der Waals surface area contributed by atoms with Crippen molar-refractivity contribution >= 4 is 39.0 Å². The van der Waals surface area contributed by atoms with Gasteiger partial charge < -0.3 is 14.1 Å². The summed E-state index contributed by atoms with van der Waals surface area (Å²) in [7, 11) is 0. The maximum atomic E-state index is 7.50. The topological polar surface area (TPSA) is 25.6 Å². The van der Waals surface area contributed by atoms with Gasteiger partial charge in [0.05, 0.1) is 5.41 Å². The van der Waals surface area contributed by atoms with Gasteiger partial charge in [-0.25, -0.2) is 0 Å². The summed E-state index contributed by atoms with van der Waals surface area (Å²) in [5.41, 5.74) is 16.1. The second kappa shape index (κ2) is 12.8. The summed E-state index contributed by atoms with van der Waals surface area (Å²) in [5, 5.41) is 2.27. The molecule has 4 saturated carbocycles. The number of benzene rings is 8. The minimum absolute atomic E-state index is 0.0419. The Morgan fingerprint density at radius 2 is 1.02 bits per heavy atom. The van der Waals surface area contributed by atoms with Gasteiger partial charge in [0, 0.05) is 50.6 Å². The molecule has 0 amide bonds. The predicted octanol–water partition coefficient (Wildman–Crippen LogP) is 15.7. The van der Waals surface area contributed by atoms with E-state index in [0.29, 0.717) is 0 Å². The number of fused-ring (bicyclic) bond motifs is 12. The highest BCUT2D eigenvalue weighted by molar-refractivity contribution is 6.06. The molecule has 2 heterocycles. The number of hydrogen-bond acceptors (Lipinski definition) is 3. The summed E-state index contributed by atoms with van der Waals surface area (Å²) >= 11 is 0. The van der Waals surface area contributed by atoms with E-state index in [0.717, 1.165) is 68.3 Å². The summed E-state index contributed by atoms with van der Waals surface area (Å²) in [6.45, 7) is 0. The molecule has 4 fully saturated rings. The SMILES string of the molecule is c1ccc(-c2cccc(N(c3cc(C45CC6CC(CC(C6)C4)C5)c4c(c3)C3(c5ccccc5O4)c4ccccc4-c4ccccc43)c3ccc4c(c3)oc3ccccc34)c2)cc1. The fourth-order valence-electron chi connectivity index (χ4n) is 13.7. The van der Waals surface area contributed by atoms with Crippen LogP contribution in [0.3, 0.4) is 0 Å². The second-order valence-electron chi connectivity index (χ2n) is 19.0. The van der Waals surface area contributed by atoms with Crippen molar-refractivity contribution in [2.75, 3.05) is 4.90 Å². The van der Waals surface area contributed by atoms with Crippen LogP contribution >= 0.6 is 0 Å². The van der Waals surface area contributed by atoms with Crippen LogP contribution in [0, 0.1) is 17.8 Å². The smallest absolute Gasteiger partial charge is 0.137 e. The summed E-state index contributed by atoms with van der Waals surface area (Å²) in [5.74, 6) is 4.35. The molecule has 9 aromatic rings. The van der Waals surface area contributed by atoms with Crippen LogP contribution in [0.15, 0.2) is 186 Å². The van der Waals surface area contributed by atoms with Crippen LogP contribution in [0.4, 0.5) is 17.1 Å². The third-order valence-corrected chi connectivity index (χ3v) is 15.6. The molecule has 62 heavy (non-hydrogen) atoms. The molecule has 1 aliphatic heterocycles. The quantitative estimate of drug-likeness (QED) is 0.173. The van der Waals surface area contributed by atoms with Gasteiger partial charge in [0.15, 0.2) is 0 Å². The molecule has 15 rings (SSSR count). The average Bonchev–Trinajstić information content (AvgIpc) is 3.83. The predicted molar refractivity (Wildman–Crippen MR) is 251 cm³/mol. The Bertz CT molecular complexity index is 3200. The van der Waals surface area contributed by atoms with Crippen LogP contribution in [0.1, 0.15) is 66.3 Å². The Labute approximate surface area is 362 Å². The van der Waals surface area contributed by atoms with E-state index in [4.69, 9.17) is 9.15 Å². The van der Waals surface area contributed by atoms with Gasteiger partial charge in [0.25, 0.3) is 0 Å². The van der Waals surface area contributed by atoms with E-state index in [1.54, 1.807) is 0 Å². The van der Waals surface area contributed by atoms with Crippen molar-refractivity contribution in [1.82, 2.24) is 0 Å². The molecule has 0 atom stereocenters. The fraction of sp³-hybridized carbons (Fsp3) is 0.186. The van der Waals surface area contributed by atoms with Gasteiger partial charge in [-0.15, -0.1) is 0 Å². The van der Waals surface area contributed by atoms with Crippen molar-refractivity contribution in [2.24, 2.45) is 17.8 Å². The molecular formula is C59H45NO2. The Morgan fingerprint density at radius 3 is 1.77 bits per heavy atom. The zero-order valence-corrected chi connectivity index (χ0v) is 34.6. The number of ether oxygens (including phenoxy) is 1. The maximum Gasteiger partial charge on any atom is 0.137 e. The van der Waals surface area contributed by atoms with Gasteiger partial charge in [-0.2, -0.15) is 0 Å². The number of nitrogens with zero attached hydrogens (tertiary/aromatic N) is 1. The van der Waals surface area contributed by atoms with Gasteiger partial charge >= 0.3 is 0 Å². The molecular weight excluding hydrogens is 755 g/mol. The summed E-state index contributed by atoms with van der Waals surface area (Å²) in [6.07, 6.45) is 7.83. The third kappa shape index (κ3) is 4.82. The first-order valence-corrected chi connectivity index (χ1v) is 22.7. The molecule has 1 aromatic heterocycles. The first-order chi connectivity index (χ1) is 30.6. The number of hydrogen-bond donors (Lipinski definition) is 0. The second-order valence-corrected chi connectivity index (χ2v) is 19.0. The molecule has 298 valence electrons. The van der Waals surface area contributed by atoms with Crippen LogP contribution in [0.5, 0.6) is 11.5 Å². The Hall–Kier alpha value is -6.84. The number of furan rings is 1. The van der Waals surface area contributed by atoms with Crippen LogP contribution in [0.2, 0.25) is 0 Å². The van der Waals surface area contributed by atoms with Crippen LogP contribution in [-0.4, -0.2) is 0 Å². The summed E-state index contributed by atoms with van der Waals surface area (Å²) < 4.78 is 14.1. The molecule has 5 aliphatic carbocycles. The van der Waals surface area contributed by atoms with Gasteiger partial charge in [-0.05, 0) is 144 Å². The Kier molecular flexibility index (Phi) is 7.22. The van der Waals surface area contributed by atoms with Crippen molar-refractivity contribution in [2.45, 2.75) is 49.4 Å². The molecule has 6 aliphatic rings. The standard InChI is InChI=1S/C59H45NO2/c1-2-13-40(14-3-1)41-15-12-16-42(30-41)60(43-25-26-48-47-19-6-10-23-54(47)61-56(48)33-43)44-31-52(58-34-37-27-38(35-58)29-39(28-37)36-58)57-53(32-44)59(51-22-9-11-24-55(51)62-57)49-20-7-4-17-45(49)46-18-5-8-21-50(46)59/h1-26,30-33,37-39H,27-29,34-36H2. The van der Waals surface area contributed by atoms with Crippen molar-refractivity contribution in [3.63, 3.8) is 0 Å². The van der Waals surface area contributed by atoms with E-state index >= 15 is 0 Å². The Morgan fingerprint density at radius 1 is 0.419 bits per heavy atom. The number of rotatable bonds is 5. The molecule has 0 saturated heterocycles. The lowest BCUT2D eigenvalue weighted by Gasteiger charge is -2.57. The first kappa shape index (κ1) is 34.8. The largest absolute Gasteiger partial charge is 0.456 e. The van der Waals surface area contributed by atoms with E-state index < -0.39 is 5.41 Å². The molecule has 0 radical (unpaired) electrons. The van der Waals surface area contributed by atoms with E-state index in [2.05, 4.69) is 187 Å². The zero-order valence-electron chi connectivity index (χ0n) is 34.6. The lowest BCUT2D eigenvalue weighted by molar-refractivity contribution is -0.00609. The van der Waals surface area contributed by atoms with Crippen molar-refractivity contribution in [3.8, 4) is 33.8 Å². The molecule has 3 heteroatoms. The number of para-hydroxylation sites is 2. The third-order valence-electron chi connectivity index (χ3n) is 15.6. The Balaban J connectivity index is 1.10. The van der Waals surface area contributed by atoms with Gasteiger partial charge in [-0.3, -0.25) is 0 Å². The lowest BCUT2D eigenvalue weighted by atomic mass is 9.47. The normalized spacial score (nSPS) is 22.0. The summed E-state index contributed by atoms with van der Waals surface area (Å²) in [6, 6.07) is 67.3. The van der Waals surface area contributed by atoms with Gasteiger partial charge in [0.2, 0.25) is 0 Å². The fourth-order valence-corrected chi connectivity index (χ4v) is 13.7. The molecule has 0 unspecified atom stereocenters. The average molecular weight is 800 g/mol. The van der Waals surface area contributed by atoms with E-state index in [1.165, 1.54) is 88.6 Å². The molecule has 1 spiro atoms. The minimum atomic E-state index is -0.579. The molecule has 0 N–H and O–H groups in total. The van der Waals surface area contributed by atoms with Crippen molar-refractivity contribution in [1.29, 1.82) is 0 Å². The van der Waals surface area contributed by atoms with E-state index in [1.807, 2.05) is 0 Å². The lowest BCUT2D eigenvalue weighted by Crippen LogP contribution is -2.49. The zero-order chi connectivity index (χ0) is 40.6. The number of anilines is 3. The van der Waals surface area contributed by atoms with Crippen LogP contribution in [-0.2, 0) is 10.8 Å². The van der Waals surface area contributed by atoms with Crippen molar-refractivity contribution in [3.05, 3.63) is 210 Å². The minimum Gasteiger partial charge on any atom is -0.456 e. The van der Waals surface area contributed by atoms with E-state index in [9.17, 15) is 0 Å². The van der Waals surface area contributed by atoms with Gasteiger partial charge in [-0.1, -0.05) is 127 Å². The van der Waals surface area contributed by atoms with Crippen LogP contribution < -0.4 is 9.64 Å². The molecule has 8 aromatic carbocycles. The highest BCUT2D eigenvalue weighted by atomic mass is 16.5. The van der Waals surface area contributed by atoms with E-state index in [-0.39, 0.29) is 5.41 Å². The summed E-state index contributed by atoms with van der Waals surface area (Å²) in [4.78, 5) is 2.50.